The minimum atomic E-state index is -0.447. The van der Waals surface area contributed by atoms with E-state index in [9.17, 15) is 9.59 Å². The zero-order chi connectivity index (χ0) is 23.7. The summed E-state index contributed by atoms with van der Waals surface area (Å²) in [6, 6.07) is 13.6. The van der Waals surface area contributed by atoms with Crippen molar-refractivity contribution in [2.45, 2.75) is 32.6 Å². The summed E-state index contributed by atoms with van der Waals surface area (Å²) in [6.45, 7) is 2.23. The lowest BCUT2D eigenvalue weighted by molar-refractivity contribution is -0.121. The summed E-state index contributed by atoms with van der Waals surface area (Å²) in [5.74, 6) is 0.196. The van der Waals surface area contributed by atoms with Crippen LogP contribution in [-0.2, 0) is 9.53 Å². The molecule has 1 fully saturated rings. The van der Waals surface area contributed by atoms with Gasteiger partial charge in [0.2, 0.25) is 5.91 Å². The summed E-state index contributed by atoms with van der Waals surface area (Å²) in [4.78, 5) is 30.9. The van der Waals surface area contributed by atoms with Crippen LogP contribution in [0.4, 0.5) is 5.69 Å². The van der Waals surface area contributed by atoms with Crippen molar-refractivity contribution in [1.29, 1.82) is 0 Å². The van der Waals surface area contributed by atoms with E-state index in [2.05, 4.69) is 22.3 Å². The van der Waals surface area contributed by atoms with Gasteiger partial charge in [0.05, 0.1) is 18.5 Å². The fourth-order valence-electron chi connectivity index (χ4n) is 4.40. The van der Waals surface area contributed by atoms with Gasteiger partial charge in [-0.3, -0.25) is 4.79 Å². The van der Waals surface area contributed by atoms with E-state index < -0.39 is 5.97 Å². The molecular formula is C26H26N4O3S. The Balaban J connectivity index is 1.39. The van der Waals surface area contributed by atoms with E-state index in [1.54, 1.807) is 10.7 Å². The number of carbonyl (C=O) groups is 2. The Morgan fingerprint density at radius 3 is 2.53 bits per heavy atom. The van der Waals surface area contributed by atoms with Crippen LogP contribution in [0.5, 0.6) is 0 Å². The quantitative estimate of drug-likeness (QED) is 0.376. The second kappa shape index (κ2) is 9.38. The molecule has 0 unspecified atom stereocenters. The first-order valence-electron chi connectivity index (χ1n) is 11.5. The van der Waals surface area contributed by atoms with Gasteiger partial charge in [-0.2, -0.15) is 5.10 Å². The van der Waals surface area contributed by atoms with Crippen LogP contribution in [0.25, 0.3) is 27.3 Å². The summed E-state index contributed by atoms with van der Waals surface area (Å²) in [7, 11) is 1.36. The summed E-state index contributed by atoms with van der Waals surface area (Å²) >= 11 is 1.32. The lowest BCUT2D eigenvalue weighted by Crippen LogP contribution is -2.27. The monoisotopic (exact) mass is 474 g/mol. The number of benzene rings is 1. The number of amides is 1. The maximum Gasteiger partial charge on any atom is 0.350 e. The van der Waals surface area contributed by atoms with Gasteiger partial charge in [0.15, 0.2) is 5.65 Å². The number of methoxy groups -OCH3 is 1. The molecule has 0 saturated heterocycles. The number of carbonyl (C=O) groups excluding carboxylic acids is 2. The Morgan fingerprint density at radius 2 is 1.82 bits per heavy atom. The van der Waals surface area contributed by atoms with Crippen molar-refractivity contribution in [2.75, 3.05) is 12.4 Å². The van der Waals surface area contributed by atoms with E-state index in [0.29, 0.717) is 16.5 Å². The molecule has 1 aliphatic carbocycles. The molecule has 0 atom stereocenters. The topological polar surface area (TPSA) is 85.6 Å². The summed E-state index contributed by atoms with van der Waals surface area (Å²) in [5, 5.41) is 7.57. The molecule has 1 aliphatic rings. The second-order valence-electron chi connectivity index (χ2n) is 8.82. The van der Waals surface area contributed by atoms with Gasteiger partial charge in [-0.05, 0) is 49.3 Å². The number of esters is 1. The first-order chi connectivity index (χ1) is 16.5. The van der Waals surface area contributed by atoms with Crippen LogP contribution in [-0.4, -0.2) is 33.6 Å². The van der Waals surface area contributed by atoms with Gasteiger partial charge in [0.25, 0.3) is 0 Å². The van der Waals surface area contributed by atoms with Crippen molar-refractivity contribution in [3.8, 4) is 21.7 Å². The molecular weight excluding hydrogens is 448 g/mol. The minimum absolute atomic E-state index is 0.00995. The Labute approximate surface area is 201 Å². The maximum absolute atomic E-state index is 12.9. The molecule has 7 nitrogen and oxygen atoms in total. The molecule has 34 heavy (non-hydrogen) atoms. The van der Waals surface area contributed by atoms with Crippen LogP contribution in [0.2, 0.25) is 0 Å². The predicted octanol–water partition coefficient (Wildman–Crippen LogP) is 5.68. The molecule has 5 rings (SSSR count). The lowest BCUT2D eigenvalue weighted by Gasteiger charge is -2.25. The van der Waals surface area contributed by atoms with Gasteiger partial charge in [-0.25, -0.2) is 14.3 Å². The number of rotatable bonds is 5. The average Bonchev–Trinajstić information content (AvgIpc) is 3.48. The van der Waals surface area contributed by atoms with Crippen LogP contribution in [0.1, 0.15) is 42.3 Å². The molecule has 4 aromatic rings. The van der Waals surface area contributed by atoms with Crippen molar-refractivity contribution in [3.63, 3.8) is 0 Å². The maximum atomic E-state index is 12.9. The van der Waals surface area contributed by atoms with E-state index in [1.165, 1.54) is 18.4 Å². The van der Waals surface area contributed by atoms with Gasteiger partial charge in [-0.1, -0.05) is 31.2 Å². The van der Waals surface area contributed by atoms with E-state index >= 15 is 0 Å². The SMILES string of the molecule is COC(=O)c1sc(-c2ccc(-c3cc4ncccn4n3)cc2)cc1NC(=O)C1CCC(C)CC1. The first-order valence-corrected chi connectivity index (χ1v) is 12.3. The first kappa shape index (κ1) is 22.3. The lowest BCUT2D eigenvalue weighted by atomic mass is 9.82. The number of thiophene rings is 1. The molecule has 8 heteroatoms. The van der Waals surface area contributed by atoms with Gasteiger partial charge in [0.1, 0.15) is 4.88 Å². The van der Waals surface area contributed by atoms with Crippen LogP contribution in [0.3, 0.4) is 0 Å². The highest BCUT2D eigenvalue weighted by atomic mass is 32.1. The molecule has 1 saturated carbocycles. The number of hydrogen-bond acceptors (Lipinski definition) is 6. The normalized spacial score (nSPS) is 18.1. The van der Waals surface area contributed by atoms with Crippen molar-refractivity contribution < 1.29 is 14.3 Å². The smallest absolute Gasteiger partial charge is 0.350 e. The third-order valence-electron chi connectivity index (χ3n) is 6.45. The fourth-order valence-corrected chi connectivity index (χ4v) is 5.44. The predicted molar refractivity (Wildman–Crippen MR) is 133 cm³/mol. The Bertz CT molecular complexity index is 1300. The van der Waals surface area contributed by atoms with Crippen LogP contribution in [0.15, 0.2) is 54.9 Å². The molecule has 0 spiro atoms. The van der Waals surface area contributed by atoms with Crippen LogP contribution in [0, 0.1) is 11.8 Å². The van der Waals surface area contributed by atoms with Crippen molar-refractivity contribution >= 4 is 34.5 Å². The number of hydrogen-bond donors (Lipinski definition) is 1. The molecule has 3 heterocycles. The Kier molecular flexibility index (Phi) is 6.15. The largest absolute Gasteiger partial charge is 0.465 e. The molecule has 0 bridgehead atoms. The van der Waals surface area contributed by atoms with Gasteiger partial charge in [-0.15, -0.1) is 11.3 Å². The van der Waals surface area contributed by atoms with Crippen molar-refractivity contribution in [3.05, 3.63) is 59.7 Å². The summed E-state index contributed by atoms with van der Waals surface area (Å²) in [5.41, 5.74) is 4.06. The Hall–Kier alpha value is -3.52. The Morgan fingerprint density at radius 1 is 1.09 bits per heavy atom. The number of nitrogens with one attached hydrogen (secondary N) is 1. The molecule has 1 N–H and O–H groups in total. The highest BCUT2D eigenvalue weighted by molar-refractivity contribution is 7.18. The van der Waals surface area contributed by atoms with Gasteiger partial charge in [0, 0.05) is 34.8 Å². The standard InChI is InChI=1S/C26H26N4O3S/c1-16-4-6-19(7-5-16)25(31)28-21-14-22(34-24(21)26(32)33-2)18-10-8-17(9-11-18)20-15-23-27-12-3-13-30(23)29-20/h3,8-16,19H,4-7H2,1-2H3,(H,28,31). The van der Waals surface area contributed by atoms with Crippen LogP contribution >= 0.6 is 11.3 Å². The number of aromatic nitrogens is 3. The number of fused-ring (bicyclic) bond motifs is 1. The van der Waals surface area contributed by atoms with Gasteiger partial charge >= 0.3 is 5.97 Å². The molecule has 3 aromatic heterocycles. The molecule has 1 amide bonds. The number of anilines is 1. The third-order valence-corrected chi connectivity index (χ3v) is 7.61. The second-order valence-corrected chi connectivity index (χ2v) is 9.87. The minimum Gasteiger partial charge on any atom is -0.465 e. The molecule has 174 valence electrons. The molecule has 0 aliphatic heterocycles. The van der Waals surface area contributed by atoms with Crippen LogP contribution < -0.4 is 5.32 Å². The molecule has 1 aromatic carbocycles. The summed E-state index contributed by atoms with van der Waals surface area (Å²) < 4.78 is 6.72. The zero-order valence-electron chi connectivity index (χ0n) is 19.2. The van der Waals surface area contributed by atoms with Crippen molar-refractivity contribution in [2.24, 2.45) is 11.8 Å². The highest BCUT2D eigenvalue weighted by Crippen LogP contribution is 2.37. The fraction of sp³-hybridized carbons (Fsp3) is 0.308. The zero-order valence-corrected chi connectivity index (χ0v) is 20.0. The van der Waals surface area contributed by atoms with E-state index in [0.717, 1.165) is 53.0 Å². The highest BCUT2D eigenvalue weighted by Gasteiger charge is 2.26. The average molecular weight is 475 g/mol. The van der Waals surface area contributed by atoms with E-state index in [1.807, 2.05) is 48.7 Å². The summed E-state index contributed by atoms with van der Waals surface area (Å²) in [6.07, 6.45) is 7.50. The van der Waals surface area contributed by atoms with Crippen molar-refractivity contribution in [1.82, 2.24) is 14.6 Å². The third kappa shape index (κ3) is 4.46. The van der Waals surface area contributed by atoms with E-state index in [4.69, 9.17) is 4.74 Å². The van der Waals surface area contributed by atoms with Gasteiger partial charge < -0.3 is 10.1 Å². The number of nitrogens with zero attached hydrogens (tertiary/aromatic N) is 3. The molecule has 0 radical (unpaired) electrons. The number of ether oxygens (including phenoxy) is 1. The van der Waals surface area contributed by atoms with E-state index in [-0.39, 0.29) is 11.8 Å².